The minimum Gasteiger partial charge on any atom is -0.480 e. The fourth-order valence-electron chi connectivity index (χ4n) is 3.79. The van der Waals surface area contributed by atoms with Gasteiger partial charge in [-0.15, -0.1) is 0 Å². The Morgan fingerprint density at radius 3 is 2.67 bits per heavy atom. The molecule has 21 heavy (non-hydrogen) atoms. The molecule has 1 amide bonds. The van der Waals surface area contributed by atoms with Gasteiger partial charge >= 0.3 is 5.97 Å². The number of hydrogen-bond acceptors (Lipinski definition) is 3. The molecule has 1 N–H and O–H groups in total. The van der Waals surface area contributed by atoms with Crippen LogP contribution in [0.2, 0.25) is 0 Å². The zero-order valence-electron chi connectivity index (χ0n) is 11.9. The maximum Gasteiger partial charge on any atom is 0.326 e. The highest BCUT2D eigenvalue weighted by atomic mass is 16.4. The van der Waals surface area contributed by atoms with E-state index < -0.39 is 12.0 Å². The van der Waals surface area contributed by atoms with Crippen LogP contribution in [0.3, 0.4) is 0 Å². The van der Waals surface area contributed by atoms with Crippen molar-refractivity contribution in [3.8, 4) is 0 Å². The monoisotopic (exact) mass is 288 g/mol. The van der Waals surface area contributed by atoms with Gasteiger partial charge in [0.1, 0.15) is 11.7 Å². The molecule has 0 radical (unpaired) electrons. The average molecular weight is 288 g/mol. The first-order chi connectivity index (χ1) is 10.2. The molecule has 0 aromatic carbocycles. The molecule has 5 heteroatoms. The molecule has 1 saturated carbocycles. The van der Waals surface area contributed by atoms with Crippen LogP contribution in [-0.4, -0.2) is 39.0 Å². The Morgan fingerprint density at radius 1 is 1.14 bits per heavy atom. The van der Waals surface area contributed by atoms with Crippen molar-refractivity contribution >= 4 is 11.9 Å². The average Bonchev–Trinajstić information content (AvgIpc) is 2.53. The van der Waals surface area contributed by atoms with Gasteiger partial charge in [0.25, 0.3) is 5.91 Å². The summed E-state index contributed by atoms with van der Waals surface area (Å²) in [4.78, 5) is 30.0. The summed E-state index contributed by atoms with van der Waals surface area (Å²) in [7, 11) is 0. The molecule has 1 saturated heterocycles. The molecule has 1 aliphatic carbocycles. The Labute approximate surface area is 124 Å². The first-order valence-corrected chi connectivity index (χ1v) is 7.65. The number of carbonyl (C=O) groups is 2. The van der Waals surface area contributed by atoms with E-state index in [0.29, 0.717) is 18.0 Å². The Bertz CT molecular complexity index is 532. The van der Waals surface area contributed by atoms with Crippen LogP contribution >= 0.6 is 0 Å². The van der Waals surface area contributed by atoms with Gasteiger partial charge < -0.3 is 10.0 Å². The number of piperidine rings is 1. The summed E-state index contributed by atoms with van der Waals surface area (Å²) in [5.74, 6) is -0.690. The van der Waals surface area contributed by atoms with Crippen molar-refractivity contribution in [1.82, 2.24) is 9.88 Å². The van der Waals surface area contributed by atoms with E-state index in [-0.39, 0.29) is 11.9 Å². The molecule has 3 rings (SSSR count). The summed E-state index contributed by atoms with van der Waals surface area (Å²) >= 11 is 0. The van der Waals surface area contributed by atoms with Gasteiger partial charge in [0.15, 0.2) is 0 Å². The third-order valence-corrected chi connectivity index (χ3v) is 4.78. The van der Waals surface area contributed by atoms with Crippen LogP contribution in [0, 0.1) is 5.92 Å². The largest absolute Gasteiger partial charge is 0.480 e. The van der Waals surface area contributed by atoms with Gasteiger partial charge in [0.05, 0.1) is 0 Å². The predicted molar refractivity (Wildman–Crippen MR) is 76.8 cm³/mol. The molecule has 112 valence electrons. The van der Waals surface area contributed by atoms with Crippen molar-refractivity contribution in [1.29, 1.82) is 0 Å². The van der Waals surface area contributed by atoms with Crippen molar-refractivity contribution in [2.24, 2.45) is 5.92 Å². The highest BCUT2D eigenvalue weighted by Gasteiger charge is 2.44. The number of rotatable bonds is 2. The van der Waals surface area contributed by atoms with Gasteiger partial charge in [0.2, 0.25) is 0 Å². The molecule has 0 bridgehead atoms. The SMILES string of the molecule is O=C(O)C1CCC2CCCCC2N1C(=O)c1ccccn1. The smallest absolute Gasteiger partial charge is 0.326 e. The summed E-state index contributed by atoms with van der Waals surface area (Å²) in [5, 5.41) is 9.48. The molecule has 5 nitrogen and oxygen atoms in total. The summed E-state index contributed by atoms with van der Waals surface area (Å²) in [6.07, 6.45) is 7.30. The van der Waals surface area contributed by atoms with Crippen LogP contribution in [0.1, 0.15) is 49.0 Å². The zero-order chi connectivity index (χ0) is 14.8. The van der Waals surface area contributed by atoms with Crippen LogP contribution in [0.25, 0.3) is 0 Å². The van der Waals surface area contributed by atoms with Crippen molar-refractivity contribution in [3.63, 3.8) is 0 Å². The van der Waals surface area contributed by atoms with Crippen LogP contribution in [0.4, 0.5) is 0 Å². The van der Waals surface area contributed by atoms with E-state index in [4.69, 9.17) is 0 Å². The van der Waals surface area contributed by atoms with Crippen LogP contribution in [0.15, 0.2) is 24.4 Å². The van der Waals surface area contributed by atoms with E-state index in [9.17, 15) is 14.7 Å². The number of amides is 1. The van der Waals surface area contributed by atoms with Gasteiger partial charge in [-0.3, -0.25) is 9.78 Å². The number of hydrogen-bond donors (Lipinski definition) is 1. The fourth-order valence-corrected chi connectivity index (χ4v) is 3.79. The minimum atomic E-state index is -0.900. The topological polar surface area (TPSA) is 70.5 Å². The Kier molecular flexibility index (Phi) is 3.90. The van der Waals surface area contributed by atoms with E-state index in [1.807, 2.05) is 0 Å². The minimum absolute atomic E-state index is 0.0584. The van der Waals surface area contributed by atoms with Crippen molar-refractivity contribution in [2.45, 2.75) is 50.6 Å². The molecule has 2 fully saturated rings. The lowest BCUT2D eigenvalue weighted by molar-refractivity contribution is -0.146. The molecule has 2 heterocycles. The molecule has 1 aromatic rings. The van der Waals surface area contributed by atoms with E-state index in [1.165, 1.54) is 6.42 Å². The predicted octanol–water partition coefficient (Wildman–Crippen LogP) is 2.33. The number of aromatic nitrogens is 1. The quantitative estimate of drug-likeness (QED) is 0.906. The Balaban J connectivity index is 1.92. The Morgan fingerprint density at radius 2 is 1.95 bits per heavy atom. The maximum atomic E-state index is 12.8. The van der Waals surface area contributed by atoms with Crippen molar-refractivity contribution < 1.29 is 14.7 Å². The second kappa shape index (κ2) is 5.84. The van der Waals surface area contributed by atoms with Gasteiger partial charge in [-0.1, -0.05) is 18.9 Å². The van der Waals surface area contributed by atoms with Gasteiger partial charge in [0, 0.05) is 12.2 Å². The number of carboxylic acid groups (broad SMARTS) is 1. The van der Waals surface area contributed by atoms with E-state index in [0.717, 1.165) is 25.7 Å². The highest BCUT2D eigenvalue weighted by Crippen LogP contribution is 2.38. The number of fused-ring (bicyclic) bond motifs is 1. The van der Waals surface area contributed by atoms with Crippen LogP contribution < -0.4 is 0 Å². The van der Waals surface area contributed by atoms with Crippen molar-refractivity contribution in [2.75, 3.05) is 0 Å². The fraction of sp³-hybridized carbons (Fsp3) is 0.562. The normalized spacial score (nSPS) is 28.8. The number of pyridine rings is 1. The van der Waals surface area contributed by atoms with Crippen LogP contribution in [0.5, 0.6) is 0 Å². The van der Waals surface area contributed by atoms with Gasteiger partial charge in [-0.2, -0.15) is 0 Å². The molecular weight excluding hydrogens is 268 g/mol. The molecule has 1 aliphatic heterocycles. The number of nitrogens with zero attached hydrogens (tertiary/aromatic N) is 2. The second-order valence-electron chi connectivity index (χ2n) is 5.97. The first-order valence-electron chi connectivity index (χ1n) is 7.65. The lowest BCUT2D eigenvalue weighted by atomic mass is 9.76. The molecule has 3 unspecified atom stereocenters. The molecular formula is C16H20N2O3. The molecule has 1 aromatic heterocycles. The van der Waals surface area contributed by atoms with E-state index in [2.05, 4.69) is 4.98 Å². The summed E-state index contributed by atoms with van der Waals surface area (Å²) < 4.78 is 0. The number of carbonyl (C=O) groups excluding carboxylic acids is 1. The lowest BCUT2D eigenvalue weighted by Gasteiger charge is -2.47. The second-order valence-corrected chi connectivity index (χ2v) is 5.97. The Hall–Kier alpha value is -1.91. The zero-order valence-corrected chi connectivity index (χ0v) is 11.9. The molecule has 3 atom stereocenters. The number of likely N-dealkylation sites (tertiary alicyclic amines) is 1. The van der Waals surface area contributed by atoms with Crippen LogP contribution in [-0.2, 0) is 4.79 Å². The van der Waals surface area contributed by atoms with Gasteiger partial charge in [-0.25, -0.2) is 4.79 Å². The number of aliphatic carboxylic acids is 1. The summed E-state index contributed by atoms with van der Waals surface area (Å²) in [6.45, 7) is 0. The van der Waals surface area contributed by atoms with E-state index in [1.54, 1.807) is 29.3 Å². The van der Waals surface area contributed by atoms with Gasteiger partial charge in [-0.05, 0) is 43.7 Å². The molecule has 2 aliphatic rings. The third-order valence-electron chi connectivity index (χ3n) is 4.78. The number of carboxylic acids is 1. The van der Waals surface area contributed by atoms with E-state index >= 15 is 0 Å². The summed E-state index contributed by atoms with van der Waals surface area (Å²) in [5.41, 5.74) is 0.343. The lowest BCUT2D eigenvalue weighted by Crippen LogP contribution is -2.57. The first kappa shape index (κ1) is 14.0. The highest BCUT2D eigenvalue weighted by molar-refractivity contribution is 5.95. The van der Waals surface area contributed by atoms with Crippen molar-refractivity contribution in [3.05, 3.63) is 30.1 Å². The summed E-state index contributed by atoms with van der Waals surface area (Å²) in [6, 6.07) is 4.53. The third kappa shape index (κ3) is 2.64. The maximum absolute atomic E-state index is 12.8. The molecule has 0 spiro atoms. The standard InChI is InChI=1S/C16H20N2O3/c19-15(12-6-3-4-10-17-12)18-13-7-2-1-5-11(13)8-9-14(18)16(20)21/h3-4,6,10-11,13-14H,1-2,5,7-9H2,(H,20,21).